The number of morpholine rings is 1. The van der Waals surface area contributed by atoms with E-state index in [1.165, 1.54) is 11.8 Å². The molecular formula is C23H26N4O2S. The number of thioether (sulfide) groups is 1. The van der Waals surface area contributed by atoms with Gasteiger partial charge in [0.2, 0.25) is 5.91 Å². The van der Waals surface area contributed by atoms with Crippen molar-refractivity contribution >= 4 is 34.5 Å². The predicted octanol–water partition coefficient (Wildman–Crippen LogP) is 3.65. The van der Waals surface area contributed by atoms with Crippen molar-refractivity contribution in [2.75, 3.05) is 23.7 Å². The maximum Gasteiger partial charge on any atom is 0.230 e. The predicted molar refractivity (Wildman–Crippen MR) is 121 cm³/mol. The van der Waals surface area contributed by atoms with Crippen LogP contribution in [0.2, 0.25) is 0 Å². The third kappa shape index (κ3) is 5.09. The molecule has 2 unspecified atom stereocenters. The second kappa shape index (κ2) is 9.45. The van der Waals surface area contributed by atoms with Gasteiger partial charge in [-0.05, 0) is 31.5 Å². The van der Waals surface area contributed by atoms with Crippen LogP contribution in [0, 0.1) is 0 Å². The van der Waals surface area contributed by atoms with Gasteiger partial charge in [-0.15, -0.1) is 0 Å². The molecule has 0 radical (unpaired) electrons. The van der Waals surface area contributed by atoms with Crippen molar-refractivity contribution in [2.45, 2.75) is 37.6 Å². The molecule has 1 amide bonds. The molecule has 0 aliphatic carbocycles. The summed E-state index contributed by atoms with van der Waals surface area (Å²) in [6.45, 7) is 6.17. The number of hydrogen-bond acceptors (Lipinski definition) is 6. The summed E-state index contributed by atoms with van der Waals surface area (Å²) in [6, 6.07) is 17.8. The third-order valence-electron chi connectivity index (χ3n) is 4.91. The zero-order valence-electron chi connectivity index (χ0n) is 17.2. The summed E-state index contributed by atoms with van der Waals surface area (Å²) in [5.41, 5.74) is 2.78. The van der Waals surface area contributed by atoms with E-state index in [2.05, 4.69) is 24.1 Å². The molecule has 30 heavy (non-hydrogen) atoms. The number of hydrogen-bond donors (Lipinski definition) is 1. The molecule has 3 aromatic rings. The fourth-order valence-corrected chi connectivity index (χ4v) is 4.45. The smallest absolute Gasteiger partial charge is 0.230 e. The van der Waals surface area contributed by atoms with Crippen molar-refractivity contribution in [2.24, 2.45) is 0 Å². The first-order valence-corrected chi connectivity index (χ1v) is 11.2. The van der Waals surface area contributed by atoms with E-state index in [9.17, 15) is 4.79 Å². The Morgan fingerprint density at radius 2 is 1.67 bits per heavy atom. The Bertz CT molecular complexity index is 1000. The number of carbonyl (C=O) groups excluding carboxylic acids is 1. The van der Waals surface area contributed by atoms with Crippen LogP contribution in [0.15, 0.2) is 59.6 Å². The van der Waals surface area contributed by atoms with Crippen LogP contribution in [-0.2, 0) is 16.1 Å². The molecular weight excluding hydrogens is 396 g/mol. The number of aromatic nitrogens is 2. The van der Waals surface area contributed by atoms with Crippen LogP contribution >= 0.6 is 11.8 Å². The highest BCUT2D eigenvalue weighted by atomic mass is 32.2. The summed E-state index contributed by atoms with van der Waals surface area (Å²) in [5, 5.41) is 3.76. The molecule has 4 rings (SSSR count). The minimum atomic E-state index is -0.0199. The lowest BCUT2D eigenvalue weighted by Crippen LogP contribution is -2.46. The minimum Gasteiger partial charge on any atom is -0.372 e. The molecule has 1 aliphatic rings. The number of anilines is 1. The molecule has 2 atom stereocenters. The van der Waals surface area contributed by atoms with Crippen molar-refractivity contribution in [3.63, 3.8) is 0 Å². The summed E-state index contributed by atoms with van der Waals surface area (Å²) in [4.78, 5) is 24.4. The second-order valence-corrected chi connectivity index (χ2v) is 8.52. The fourth-order valence-electron chi connectivity index (χ4n) is 3.61. The molecule has 1 fully saturated rings. The molecule has 0 bridgehead atoms. The summed E-state index contributed by atoms with van der Waals surface area (Å²) in [6.07, 6.45) is 0.239. The van der Waals surface area contributed by atoms with Crippen LogP contribution < -0.4 is 10.2 Å². The Labute approximate surface area is 181 Å². The zero-order valence-corrected chi connectivity index (χ0v) is 18.1. The number of nitrogens with one attached hydrogen (secondary N) is 1. The first-order chi connectivity index (χ1) is 14.6. The van der Waals surface area contributed by atoms with E-state index < -0.39 is 0 Å². The van der Waals surface area contributed by atoms with Crippen molar-refractivity contribution in [1.29, 1.82) is 0 Å². The molecule has 0 spiro atoms. The normalized spacial score (nSPS) is 19.1. The van der Waals surface area contributed by atoms with E-state index in [1.807, 2.05) is 54.6 Å². The number of para-hydroxylation sites is 2. The number of fused-ring (bicyclic) bond motifs is 1. The summed E-state index contributed by atoms with van der Waals surface area (Å²) in [7, 11) is 0. The zero-order chi connectivity index (χ0) is 20.9. The lowest BCUT2D eigenvalue weighted by molar-refractivity contribution is -0.118. The number of rotatable bonds is 6. The van der Waals surface area contributed by atoms with Gasteiger partial charge in [0.05, 0.1) is 29.0 Å². The van der Waals surface area contributed by atoms with Crippen LogP contribution in [0.1, 0.15) is 19.4 Å². The molecule has 1 aliphatic heterocycles. The van der Waals surface area contributed by atoms with Crippen molar-refractivity contribution in [1.82, 2.24) is 15.3 Å². The lowest BCUT2D eigenvalue weighted by Gasteiger charge is -2.36. The lowest BCUT2D eigenvalue weighted by atomic mass is 10.2. The Balaban J connectivity index is 1.50. The van der Waals surface area contributed by atoms with Crippen molar-refractivity contribution in [3.05, 3.63) is 60.2 Å². The van der Waals surface area contributed by atoms with E-state index in [4.69, 9.17) is 14.7 Å². The van der Waals surface area contributed by atoms with Gasteiger partial charge in [-0.2, -0.15) is 0 Å². The van der Waals surface area contributed by atoms with Gasteiger partial charge in [0.25, 0.3) is 0 Å². The van der Waals surface area contributed by atoms with Crippen LogP contribution in [0.4, 0.5) is 5.82 Å². The summed E-state index contributed by atoms with van der Waals surface area (Å²) >= 11 is 1.43. The van der Waals surface area contributed by atoms with Crippen molar-refractivity contribution in [3.8, 4) is 0 Å². The van der Waals surface area contributed by atoms with Crippen LogP contribution in [0.25, 0.3) is 11.0 Å². The van der Waals surface area contributed by atoms with Gasteiger partial charge in [-0.1, -0.05) is 54.2 Å². The van der Waals surface area contributed by atoms with Crippen molar-refractivity contribution < 1.29 is 9.53 Å². The van der Waals surface area contributed by atoms with E-state index >= 15 is 0 Å². The number of nitrogens with zero attached hydrogens (tertiary/aromatic N) is 3. The first kappa shape index (κ1) is 20.6. The molecule has 7 heteroatoms. The minimum absolute atomic E-state index is 0.0199. The molecule has 1 saturated heterocycles. The Morgan fingerprint density at radius 1 is 1.03 bits per heavy atom. The molecule has 1 N–H and O–H groups in total. The van der Waals surface area contributed by atoms with Gasteiger partial charge in [-0.25, -0.2) is 9.97 Å². The standard InChI is InChI=1S/C23H26N4O2S/c1-16-13-27(14-17(2)29-16)22-23(26-20-11-7-6-10-19(20)25-22)30-15-21(28)24-12-18-8-4-3-5-9-18/h3-11,16-17H,12-15H2,1-2H3,(H,24,28). The maximum atomic E-state index is 12.4. The van der Waals surface area contributed by atoms with Gasteiger partial charge >= 0.3 is 0 Å². The summed E-state index contributed by atoms with van der Waals surface area (Å²) < 4.78 is 5.88. The van der Waals surface area contributed by atoms with E-state index in [1.54, 1.807) is 0 Å². The molecule has 156 valence electrons. The third-order valence-corrected chi connectivity index (χ3v) is 5.87. The molecule has 0 saturated carbocycles. The van der Waals surface area contributed by atoms with Gasteiger partial charge in [0.1, 0.15) is 5.03 Å². The van der Waals surface area contributed by atoms with Gasteiger partial charge < -0.3 is 15.0 Å². The quantitative estimate of drug-likeness (QED) is 0.612. The SMILES string of the molecule is CC1CN(c2nc3ccccc3nc2SCC(=O)NCc2ccccc2)CC(C)O1. The number of ether oxygens (including phenoxy) is 1. The van der Waals surface area contributed by atoms with E-state index in [-0.39, 0.29) is 18.1 Å². The van der Waals surface area contributed by atoms with E-state index in [0.717, 1.165) is 40.5 Å². The maximum absolute atomic E-state index is 12.4. The topological polar surface area (TPSA) is 67.4 Å². The van der Waals surface area contributed by atoms with Gasteiger partial charge in [0, 0.05) is 19.6 Å². The van der Waals surface area contributed by atoms with Crippen LogP contribution in [0.5, 0.6) is 0 Å². The highest BCUT2D eigenvalue weighted by Crippen LogP contribution is 2.30. The Kier molecular flexibility index (Phi) is 6.50. The Morgan fingerprint density at radius 3 is 2.37 bits per heavy atom. The molecule has 6 nitrogen and oxygen atoms in total. The van der Waals surface area contributed by atoms with E-state index in [0.29, 0.717) is 12.3 Å². The number of benzene rings is 2. The van der Waals surface area contributed by atoms with Gasteiger partial charge in [-0.3, -0.25) is 4.79 Å². The average molecular weight is 423 g/mol. The molecule has 2 heterocycles. The largest absolute Gasteiger partial charge is 0.372 e. The fraction of sp³-hybridized carbons (Fsp3) is 0.348. The summed E-state index contributed by atoms with van der Waals surface area (Å²) in [5.74, 6) is 1.10. The molecule has 1 aromatic heterocycles. The molecule has 2 aromatic carbocycles. The Hall–Kier alpha value is -2.64. The highest BCUT2D eigenvalue weighted by molar-refractivity contribution is 8.00. The van der Waals surface area contributed by atoms with Gasteiger partial charge in [0.15, 0.2) is 5.82 Å². The average Bonchev–Trinajstić information content (AvgIpc) is 2.75. The van der Waals surface area contributed by atoms with Crippen LogP contribution in [0.3, 0.4) is 0 Å². The first-order valence-electron chi connectivity index (χ1n) is 10.2. The number of amides is 1. The second-order valence-electron chi connectivity index (χ2n) is 7.55. The highest BCUT2D eigenvalue weighted by Gasteiger charge is 2.26. The van der Waals surface area contributed by atoms with Crippen LogP contribution in [-0.4, -0.2) is 46.9 Å². The monoisotopic (exact) mass is 422 g/mol. The number of carbonyl (C=O) groups is 1.